The number of nitrogens with two attached hydrogens (primary N) is 1. The van der Waals surface area contributed by atoms with Gasteiger partial charge in [-0.3, -0.25) is 0 Å². The van der Waals surface area contributed by atoms with E-state index in [1.807, 2.05) is 19.1 Å². The number of aryl methyl sites for hydroxylation is 1. The summed E-state index contributed by atoms with van der Waals surface area (Å²) in [5.41, 5.74) is 7.04. The van der Waals surface area contributed by atoms with Crippen LogP contribution >= 0.6 is 0 Å². The lowest BCUT2D eigenvalue weighted by Crippen LogP contribution is -2.18. The van der Waals surface area contributed by atoms with E-state index in [-0.39, 0.29) is 23.9 Å². The third-order valence-corrected chi connectivity index (χ3v) is 3.88. The number of nitrogens with zero attached hydrogens (tertiary/aromatic N) is 3. The maximum absolute atomic E-state index is 13.1. The molecule has 0 aliphatic heterocycles. The predicted octanol–water partition coefficient (Wildman–Crippen LogP) is 3.29. The van der Waals surface area contributed by atoms with Gasteiger partial charge in [0.05, 0.1) is 17.9 Å². The SMILES string of the molecule is C[C@H](N)CO.Cc1ccc(-c2cc(C(=O)O)cc(-n3ncnc3C(F)(F)F)c2)cc1. The summed E-state index contributed by atoms with van der Waals surface area (Å²) in [6, 6.07) is 11.1. The molecule has 0 saturated carbocycles. The Kier molecular flexibility index (Phi) is 7.30. The summed E-state index contributed by atoms with van der Waals surface area (Å²) >= 11 is 0. The largest absolute Gasteiger partial charge is 0.478 e. The van der Waals surface area contributed by atoms with Crippen molar-refractivity contribution in [2.45, 2.75) is 26.1 Å². The lowest BCUT2D eigenvalue weighted by molar-refractivity contribution is -0.146. The minimum absolute atomic E-state index is 0.0275. The third-order valence-electron chi connectivity index (χ3n) is 3.88. The Hall–Kier alpha value is -3.24. The molecular weight excluding hydrogens is 401 g/mol. The average molecular weight is 422 g/mol. The first-order valence-corrected chi connectivity index (χ1v) is 8.82. The van der Waals surface area contributed by atoms with E-state index in [1.54, 1.807) is 19.1 Å². The molecule has 0 amide bonds. The normalized spacial score (nSPS) is 12.1. The van der Waals surface area contributed by atoms with Gasteiger partial charge in [-0.05, 0) is 43.2 Å². The van der Waals surface area contributed by atoms with Gasteiger partial charge in [0, 0.05) is 6.04 Å². The second-order valence-corrected chi connectivity index (χ2v) is 6.59. The number of aliphatic hydroxyl groups excluding tert-OH is 1. The van der Waals surface area contributed by atoms with E-state index in [2.05, 4.69) is 10.1 Å². The van der Waals surface area contributed by atoms with E-state index < -0.39 is 18.0 Å². The van der Waals surface area contributed by atoms with E-state index in [1.165, 1.54) is 12.1 Å². The van der Waals surface area contributed by atoms with Crippen molar-refractivity contribution < 1.29 is 28.2 Å². The van der Waals surface area contributed by atoms with Crippen LogP contribution in [0, 0.1) is 6.92 Å². The molecule has 1 heterocycles. The van der Waals surface area contributed by atoms with Crippen LogP contribution in [0.1, 0.15) is 28.7 Å². The van der Waals surface area contributed by atoms with E-state index in [0.717, 1.165) is 18.0 Å². The monoisotopic (exact) mass is 422 g/mol. The number of rotatable bonds is 4. The van der Waals surface area contributed by atoms with Crippen molar-refractivity contribution in [3.05, 3.63) is 65.7 Å². The van der Waals surface area contributed by atoms with Crippen LogP contribution in [0.4, 0.5) is 13.2 Å². The molecule has 160 valence electrons. The Morgan fingerprint density at radius 2 is 1.77 bits per heavy atom. The third kappa shape index (κ3) is 5.88. The Labute approximate surface area is 170 Å². The molecule has 0 unspecified atom stereocenters. The summed E-state index contributed by atoms with van der Waals surface area (Å²) in [6.07, 6.45) is -3.93. The van der Waals surface area contributed by atoms with Gasteiger partial charge in [-0.15, -0.1) is 0 Å². The Morgan fingerprint density at radius 3 is 2.27 bits per heavy atom. The molecule has 0 saturated heterocycles. The molecule has 7 nitrogen and oxygen atoms in total. The fourth-order valence-corrected chi connectivity index (χ4v) is 2.39. The standard InChI is InChI=1S/C17H12F3N3O2.C3H9NO/c1-10-2-4-11(5-3-10)12-6-13(15(24)25)8-14(7-12)23-16(17(18,19)20)21-9-22-23;1-3(4)2-5/h2-9H,1H3,(H,24,25);3,5H,2,4H2,1H3/t;3-/m.0/s1. The second kappa shape index (κ2) is 9.51. The molecule has 0 spiro atoms. The Bertz CT molecular complexity index is 999. The Balaban J connectivity index is 0.000000575. The fraction of sp³-hybridized carbons (Fsp3) is 0.250. The highest BCUT2D eigenvalue weighted by molar-refractivity contribution is 5.90. The van der Waals surface area contributed by atoms with E-state index in [9.17, 15) is 23.1 Å². The summed E-state index contributed by atoms with van der Waals surface area (Å²) in [5, 5.41) is 20.9. The number of aliphatic hydroxyl groups is 1. The first-order valence-electron chi connectivity index (χ1n) is 8.82. The molecular formula is C20H21F3N4O3. The van der Waals surface area contributed by atoms with Gasteiger partial charge in [0.2, 0.25) is 5.82 Å². The summed E-state index contributed by atoms with van der Waals surface area (Å²) in [4.78, 5) is 14.6. The fourth-order valence-electron chi connectivity index (χ4n) is 2.39. The molecule has 0 radical (unpaired) electrons. The number of carbonyl (C=O) groups is 1. The van der Waals surface area contributed by atoms with Crippen molar-refractivity contribution in [3.63, 3.8) is 0 Å². The molecule has 4 N–H and O–H groups in total. The molecule has 3 rings (SSSR count). The van der Waals surface area contributed by atoms with Crippen molar-refractivity contribution in [1.82, 2.24) is 14.8 Å². The molecule has 0 bridgehead atoms. The number of carboxylic acids is 1. The van der Waals surface area contributed by atoms with Gasteiger partial charge in [0.25, 0.3) is 0 Å². The van der Waals surface area contributed by atoms with Crippen LogP contribution in [0.25, 0.3) is 16.8 Å². The number of halogens is 3. The average Bonchev–Trinajstić information content (AvgIpc) is 3.19. The number of hydrogen-bond donors (Lipinski definition) is 3. The van der Waals surface area contributed by atoms with Gasteiger partial charge in [0.15, 0.2) is 0 Å². The topological polar surface area (TPSA) is 114 Å². The number of aromatic nitrogens is 3. The van der Waals surface area contributed by atoms with Crippen LogP contribution in [0.3, 0.4) is 0 Å². The highest BCUT2D eigenvalue weighted by Crippen LogP contribution is 2.31. The van der Waals surface area contributed by atoms with Crippen molar-refractivity contribution in [2.75, 3.05) is 6.61 Å². The maximum Gasteiger partial charge on any atom is 0.451 e. The summed E-state index contributed by atoms with van der Waals surface area (Å²) in [5.74, 6) is -2.46. The molecule has 2 aromatic carbocycles. The van der Waals surface area contributed by atoms with Crippen LogP contribution in [0.15, 0.2) is 48.8 Å². The molecule has 0 aliphatic carbocycles. The highest BCUT2D eigenvalue weighted by atomic mass is 19.4. The molecule has 0 fully saturated rings. The predicted molar refractivity (Wildman–Crippen MR) is 104 cm³/mol. The van der Waals surface area contributed by atoms with Crippen LogP contribution in [0.2, 0.25) is 0 Å². The highest BCUT2D eigenvalue weighted by Gasteiger charge is 2.37. The lowest BCUT2D eigenvalue weighted by Gasteiger charge is -2.12. The van der Waals surface area contributed by atoms with Crippen molar-refractivity contribution in [1.29, 1.82) is 0 Å². The molecule has 3 aromatic rings. The number of alkyl halides is 3. The van der Waals surface area contributed by atoms with E-state index in [0.29, 0.717) is 15.8 Å². The van der Waals surface area contributed by atoms with Crippen LogP contribution in [0.5, 0.6) is 0 Å². The first-order chi connectivity index (χ1) is 14.0. The second-order valence-electron chi connectivity index (χ2n) is 6.59. The minimum Gasteiger partial charge on any atom is -0.478 e. The van der Waals surface area contributed by atoms with Gasteiger partial charge in [0.1, 0.15) is 6.33 Å². The summed E-state index contributed by atoms with van der Waals surface area (Å²) < 4.78 is 39.8. The van der Waals surface area contributed by atoms with Crippen molar-refractivity contribution in [3.8, 4) is 16.8 Å². The minimum atomic E-state index is -4.71. The lowest BCUT2D eigenvalue weighted by atomic mass is 10.0. The summed E-state index contributed by atoms with van der Waals surface area (Å²) in [6.45, 7) is 3.73. The van der Waals surface area contributed by atoms with Gasteiger partial charge >= 0.3 is 12.1 Å². The first kappa shape index (κ1) is 23.0. The zero-order valence-electron chi connectivity index (χ0n) is 16.3. The van der Waals surface area contributed by atoms with Crippen LogP contribution in [-0.4, -0.2) is 43.6 Å². The van der Waals surface area contributed by atoms with Crippen LogP contribution in [-0.2, 0) is 6.18 Å². The van der Waals surface area contributed by atoms with E-state index >= 15 is 0 Å². The molecule has 1 aromatic heterocycles. The number of aromatic carboxylic acids is 1. The Morgan fingerprint density at radius 1 is 1.17 bits per heavy atom. The van der Waals surface area contributed by atoms with Crippen molar-refractivity contribution in [2.24, 2.45) is 5.73 Å². The molecule has 0 aliphatic rings. The van der Waals surface area contributed by atoms with Gasteiger partial charge in [-0.25, -0.2) is 14.5 Å². The van der Waals surface area contributed by atoms with Crippen molar-refractivity contribution >= 4 is 5.97 Å². The zero-order chi connectivity index (χ0) is 22.5. The smallest absolute Gasteiger partial charge is 0.451 e. The maximum atomic E-state index is 13.1. The van der Waals surface area contributed by atoms with E-state index in [4.69, 9.17) is 10.8 Å². The molecule has 1 atom stereocenters. The molecule has 10 heteroatoms. The van der Waals surface area contributed by atoms with Crippen LogP contribution < -0.4 is 5.73 Å². The van der Waals surface area contributed by atoms with Gasteiger partial charge < -0.3 is 15.9 Å². The number of benzene rings is 2. The zero-order valence-corrected chi connectivity index (χ0v) is 16.3. The number of hydrogen-bond acceptors (Lipinski definition) is 5. The van der Waals surface area contributed by atoms with Gasteiger partial charge in [-0.2, -0.15) is 18.3 Å². The summed E-state index contributed by atoms with van der Waals surface area (Å²) in [7, 11) is 0. The number of carboxylic acid groups (broad SMARTS) is 1. The van der Waals surface area contributed by atoms with Gasteiger partial charge in [-0.1, -0.05) is 29.8 Å². The quantitative estimate of drug-likeness (QED) is 0.595. The molecule has 30 heavy (non-hydrogen) atoms.